The highest BCUT2D eigenvalue weighted by Gasteiger charge is 2.27. The van der Waals surface area contributed by atoms with Crippen molar-refractivity contribution in [3.05, 3.63) is 41.7 Å². The topological polar surface area (TPSA) is 92.5 Å². The number of rotatable bonds is 4. The Morgan fingerprint density at radius 1 is 1.12 bits per heavy atom. The number of aromatic carboxylic acids is 1. The van der Waals surface area contributed by atoms with Crippen LogP contribution in [0.1, 0.15) is 41.7 Å². The van der Waals surface area contributed by atoms with Crippen molar-refractivity contribution in [2.45, 2.75) is 37.5 Å². The molecule has 1 N–H and O–H groups in total. The molecule has 8 heteroatoms. The minimum Gasteiger partial charge on any atom is -0.478 e. The molecule has 2 heterocycles. The summed E-state index contributed by atoms with van der Waals surface area (Å²) >= 11 is 0. The van der Waals surface area contributed by atoms with E-state index in [1.807, 2.05) is 6.92 Å². The minimum absolute atomic E-state index is 0.00236. The molecular formula is C17H21N3O4S. The Morgan fingerprint density at radius 2 is 1.80 bits per heavy atom. The molecule has 0 atom stereocenters. The molecule has 2 aromatic rings. The van der Waals surface area contributed by atoms with Gasteiger partial charge in [0.1, 0.15) is 0 Å². The van der Waals surface area contributed by atoms with Gasteiger partial charge in [-0.2, -0.15) is 9.40 Å². The molecule has 1 aromatic carbocycles. The molecule has 0 spiro atoms. The Bertz CT molecular complexity index is 881. The Hall–Kier alpha value is -2.19. The summed E-state index contributed by atoms with van der Waals surface area (Å²) in [4.78, 5) is 11.5. The first-order chi connectivity index (χ1) is 11.9. The van der Waals surface area contributed by atoms with Gasteiger partial charge in [-0.15, -0.1) is 0 Å². The van der Waals surface area contributed by atoms with E-state index in [2.05, 4.69) is 5.10 Å². The maximum atomic E-state index is 13.0. The van der Waals surface area contributed by atoms with E-state index in [0.29, 0.717) is 18.8 Å². The van der Waals surface area contributed by atoms with Crippen molar-refractivity contribution in [3.8, 4) is 5.69 Å². The van der Waals surface area contributed by atoms with E-state index >= 15 is 0 Å². The van der Waals surface area contributed by atoms with Crippen molar-refractivity contribution < 1.29 is 18.3 Å². The minimum atomic E-state index is -3.74. The van der Waals surface area contributed by atoms with Crippen molar-refractivity contribution in [2.75, 3.05) is 13.1 Å². The largest absolute Gasteiger partial charge is 0.478 e. The van der Waals surface area contributed by atoms with Crippen molar-refractivity contribution >= 4 is 16.0 Å². The van der Waals surface area contributed by atoms with E-state index in [0.717, 1.165) is 31.4 Å². The molecule has 25 heavy (non-hydrogen) atoms. The van der Waals surface area contributed by atoms with Gasteiger partial charge >= 0.3 is 5.97 Å². The normalized spacial score (nSPS) is 16.5. The zero-order valence-electron chi connectivity index (χ0n) is 14.1. The summed E-state index contributed by atoms with van der Waals surface area (Å²) in [6.45, 7) is 2.75. The standard InChI is InChI=1S/C17H21N3O4S/c1-13-6-9-20(18-13)15-10-14(17(21)22)11-16(12-15)25(23,24)19-7-4-2-3-5-8-19/h6,9-12H,2-5,7-8H2,1H3,(H,21,22). The number of carbonyl (C=O) groups is 1. The third kappa shape index (κ3) is 3.74. The molecule has 0 aliphatic carbocycles. The van der Waals surface area contributed by atoms with Crippen LogP contribution in [0.15, 0.2) is 35.4 Å². The van der Waals surface area contributed by atoms with Crippen LogP contribution in [-0.4, -0.2) is 46.7 Å². The molecule has 0 saturated carbocycles. The van der Waals surface area contributed by atoms with Gasteiger partial charge in [-0.3, -0.25) is 0 Å². The number of carboxylic acids is 1. The summed E-state index contributed by atoms with van der Waals surface area (Å²) in [6.07, 6.45) is 5.35. The average molecular weight is 363 g/mol. The quantitative estimate of drug-likeness (QED) is 0.901. The molecule has 3 rings (SSSR count). The predicted octanol–water partition coefficient (Wildman–Crippen LogP) is 2.44. The highest BCUT2D eigenvalue weighted by Crippen LogP contribution is 2.24. The van der Waals surface area contributed by atoms with E-state index < -0.39 is 16.0 Å². The van der Waals surface area contributed by atoms with Gasteiger partial charge in [0.05, 0.1) is 21.8 Å². The van der Waals surface area contributed by atoms with Crippen LogP contribution >= 0.6 is 0 Å². The maximum Gasteiger partial charge on any atom is 0.335 e. The summed E-state index contributed by atoms with van der Waals surface area (Å²) < 4.78 is 29.0. The van der Waals surface area contributed by atoms with Gasteiger partial charge in [-0.1, -0.05) is 12.8 Å². The number of benzene rings is 1. The van der Waals surface area contributed by atoms with Gasteiger partial charge in [-0.25, -0.2) is 17.9 Å². The van der Waals surface area contributed by atoms with Crippen molar-refractivity contribution in [1.82, 2.24) is 14.1 Å². The summed E-state index contributed by atoms with van der Waals surface area (Å²) in [5.74, 6) is -1.17. The van der Waals surface area contributed by atoms with Crippen LogP contribution in [0, 0.1) is 6.92 Å². The van der Waals surface area contributed by atoms with Crippen LogP contribution < -0.4 is 0 Å². The fourth-order valence-corrected chi connectivity index (χ4v) is 4.56. The lowest BCUT2D eigenvalue weighted by Gasteiger charge is -2.20. The molecular weight excluding hydrogens is 342 g/mol. The van der Waals surface area contributed by atoms with E-state index in [4.69, 9.17) is 0 Å². The molecule has 7 nitrogen and oxygen atoms in total. The summed E-state index contributed by atoms with van der Waals surface area (Å²) in [5, 5.41) is 13.6. The molecule has 0 amide bonds. The monoisotopic (exact) mass is 363 g/mol. The molecule has 0 unspecified atom stereocenters. The SMILES string of the molecule is Cc1ccn(-c2cc(C(=O)O)cc(S(=O)(=O)N3CCCCCC3)c2)n1. The van der Waals surface area contributed by atoms with E-state index in [-0.39, 0.29) is 10.5 Å². The number of aryl methyl sites for hydroxylation is 1. The zero-order valence-corrected chi connectivity index (χ0v) is 14.9. The van der Waals surface area contributed by atoms with Gasteiger partial charge in [0, 0.05) is 19.3 Å². The summed E-state index contributed by atoms with van der Waals surface area (Å²) in [7, 11) is -3.74. The average Bonchev–Trinajstić information content (AvgIpc) is 2.84. The lowest BCUT2D eigenvalue weighted by Crippen LogP contribution is -2.32. The van der Waals surface area contributed by atoms with Gasteiger partial charge in [0.25, 0.3) is 0 Å². The Labute approximate surface area is 146 Å². The van der Waals surface area contributed by atoms with Crippen molar-refractivity contribution in [2.24, 2.45) is 0 Å². The lowest BCUT2D eigenvalue weighted by molar-refractivity contribution is 0.0696. The van der Waals surface area contributed by atoms with Crippen LogP contribution in [-0.2, 0) is 10.0 Å². The number of hydrogen-bond donors (Lipinski definition) is 1. The second-order valence-electron chi connectivity index (χ2n) is 6.24. The van der Waals surface area contributed by atoms with Crippen LogP contribution in [0.5, 0.6) is 0 Å². The van der Waals surface area contributed by atoms with Gasteiger partial charge < -0.3 is 5.11 Å². The summed E-state index contributed by atoms with van der Waals surface area (Å²) in [6, 6.07) is 5.91. The van der Waals surface area contributed by atoms with Gasteiger partial charge in [-0.05, 0) is 44.0 Å². The Balaban J connectivity index is 2.08. The van der Waals surface area contributed by atoms with Crippen molar-refractivity contribution in [3.63, 3.8) is 0 Å². The highest BCUT2D eigenvalue weighted by molar-refractivity contribution is 7.89. The molecule has 1 saturated heterocycles. The molecule has 1 aliphatic rings. The Morgan fingerprint density at radius 3 is 2.36 bits per heavy atom. The predicted molar refractivity (Wildman–Crippen MR) is 92.5 cm³/mol. The highest BCUT2D eigenvalue weighted by atomic mass is 32.2. The van der Waals surface area contributed by atoms with Crippen LogP contribution in [0.3, 0.4) is 0 Å². The molecule has 134 valence electrons. The second kappa shape index (κ2) is 6.97. The number of sulfonamides is 1. The van der Waals surface area contributed by atoms with Gasteiger partial charge in [0.15, 0.2) is 0 Å². The first kappa shape index (κ1) is 17.6. The van der Waals surface area contributed by atoms with Crippen molar-refractivity contribution in [1.29, 1.82) is 0 Å². The van der Waals surface area contributed by atoms with Crippen LogP contribution in [0.2, 0.25) is 0 Å². The molecule has 1 fully saturated rings. The molecule has 0 radical (unpaired) electrons. The second-order valence-corrected chi connectivity index (χ2v) is 8.18. The number of aromatic nitrogens is 2. The molecule has 0 bridgehead atoms. The summed E-state index contributed by atoms with van der Waals surface area (Å²) in [5.41, 5.74) is 1.11. The van der Waals surface area contributed by atoms with E-state index in [1.54, 1.807) is 12.3 Å². The lowest BCUT2D eigenvalue weighted by atomic mass is 10.2. The molecule has 1 aromatic heterocycles. The van der Waals surface area contributed by atoms with Gasteiger partial charge in [0.2, 0.25) is 10.0 Å². The number of carboxylic acid groups (broad SMARTS) is 1. The third-order valence-corrected chi connectivity index (χ3v) is 6.20. The first-order valence-corrected chi connectivity index (χ1v) is 9.73. The number of nitrogens with zero attached hydrogens (tertiary/aromatic N) is 3. The number of hydrogen-bond acceptors (Lipinski definition) is 4. The Kier molecular flexibility index (Phi) is 4.91. The van der Waals surface area contributed by atoms with E-state index in [9.17, 15) is 18.3 Å². The fraction of sp³-hybridized carbons (Fsp3) is 0.412. The van der Waals surface area contributed by atoms with Crippen LogP contribution in [0.4, 0.5) is 0 Å². The third-order valence-electron chi connectivity index (χ3n) is 4.33. The fourth-order valence-electron chi connectivity index (χ4n) is 2.98. The zero-order chi connectivity index (χ0) is 18.0. The molecule has 1 aliphatic heterocycles. The van der Waals surface area contributed by atoms with E-state index in [1.165, 1.54) is 27.2 Å². The first-order valence-electron chi connectivity index (χ1n) is 8.29. The van der Waals surface area contributed by atoms with Crippen LogP contribution in [0.25, 0.3) is 5.69 Å². The maximum absolute atomic E-state index is 13.0. The smallest absolute Gasteiger partial charge is 0.335 e.